The number of anilines is 2. The maximum Gasteiger partial charge on any atom is 0.225 e. The Labute approximate surface area is 320 Å². The van der Waals surface area contributed by atoms with Gasteiger partial charge in [0.2, 0.25) is 5.95 Å². The van der Waals surface area contributed by atoms with Gasteiger partial charge in [-0.1, -0.05) is 31.6 Å². The van der Waals surface area contributed by atoms with Crippen LogP contribution in [0.25, 0.3) is 6.08 Å². The molecule has 0 aliphatic carbocycles. The van der Waals surface area contributed by atoms with E-state index in [1.807, 2.05) is 26.0 Å². The lowest BCUT2D eigenvalue weighted by Gasteiger charge is -2.38. The molecule has 0 amide bonds. The Balaban J connectivity index is 1.02. The van der Waals surface area contributed by atoms with Gasteiger partial charge in [-0.15, -0.1) is 0 Å². The summed E-state index contributed by atoms with van der Waals surface area (Å²) in [7, 11) is 0. The highest BCUT2D eigenvalue weighted by Gasteiger charge is 2.48. The van der Waals surface area contributed by atoms with Crippen LogP contribution in [-0.4, -0.2) is 91.0 Å². The van der Waals surface area contributed by atoms with E-state index in [0.29, 0.717) is 63.1 Å². The lowest BCUT2D eigenvalue weighted by atomic mass is 9.93. The molecular formula is C43H59F2N9. The zero-order valence-electron chi connectivity index (χ0n) is 32.7. The molecule has 5 atom stereocenters. The second kappa shape index (κ2) is 14.9. The van der Waals surface area contributed by atoms with Crippen molar-refractivity contribution < 1.29 is 8.78 Å². The van der Waals surface area contributed by atoms with E-state index in [1.54, 1.807) is 6.07 Å². The van der Waals surface area contributed by atoms with Crippen LogP contribution in [0.4, 0.5) is 20.5 Å². The first-order valence-electron chi connectivity index (χ1n) is 21.1. The van der Waals surface area contributed by atoms with Crippen LogP contribution in [-0.2, 0) is 39.0 Å². The lowest BCUT2D eigenvalue weighted by molar-refractivity contribution is 0.0927. The summed E-state index contributed by atoms with van der Waals surface area (Å²) in [6.45, 7) is 13.3. The Morgan fingerprint density at radius 1 is 1.00 bits per heavy atom. The van der Waals surface area contributed by atoms with Gasteiger partial charge in [0.25, 0.3) is 0 Å². The van der Waals surface area contributed by atoms with Crippen molar-refractivity contribution in [1.29, 1.82) is 0 Å². The molecule has 290 valence electrons. The molecule has 4 saturated heterocycles. The number of aromatic nitrogens is 4. The van der Waals surface area contributed by atoms with E-state index in [2.05, 4.69) is 48.7 Å². The highest BCUT2D eigenvalue weighted by Crippen LogP contribution is 2.42. The smallest absolute Gasteiger partial charge is 0.225 e. The van der Waals surface area contributed by atoms with Crippen molar-refractivity contribution in [3.05, 3.63) is 69.4 Å². The molecule has 11 heteroatoms. The summed E-state index contributed by atoms with van der Waals surface area (Å²) in [6, 6.07) is 7.63. The molecule has 3 unspecified atom stereocenters. The summed E-state index contributed by atoms with van der Waals surface area (Å²) in [5.41, 5.74) is 7.50. The molecular weight excluding hydrogens is 681 g/mol. The van der Waals surface area contributed by atoms with E-state index in [9.17, 15) is 4.39 Å². The number of benzene rings is 1. The average Bonchev–Trinajstić information content (AvgIpc) is 3.86. The van der Waals surface area contributed by atoms with E-state index in [4.69, 9.17) is 15.1 Å². The minimum Gasteiger partial charge on any atom is -0.352 e. The number of piperidine rings is 1. The van der Waals surface area contributed by atoms with E-state index < -0.39 is 6.17 Å². The van der Waals surface area contributed by atoms with Gasteiger partial charge in [0.15, 0.2) is 0 Å². The maximum absolute atomic E-state index is 15.1. The third-order valence-corrected chi connectivity index (χ3v) is 13.9. The molecule has 4 fully saturated rings. The van der Waals surface area contributed by atoms with Crippen molar-refractivity contribution in [1.82, 2.24) is 34.4 Å². The Kier molecular flexibility index (Phi) is 10.0. The lowest BCUT2D eigenvalue weighted by Crippen LogP contribution is -2.44. The Hall–Kier alpha value is -3.41. The molecule has 1 aromatic carbocycles. The molecule has 6 aliphatic heterocycles. The standard InChI is InChI=1S/C43H59F2N9/c1-4-9-30-12-15-38(45)35(5-2)37(30)26-50-21-16-36-40(27-50)47-42(46-28-43-17-7-19-52(43)24-31(44)23-43)48-41(36)51-18-8-20-53-34(25-51)22-39(49-53)29(3)54-32-10-6-11-33(54)14-13-32/h4,9,12,15,22,29,31-33H,5-8,10-11,13-14,16-21,23-28H2,1-3H3,(H,46,47,48)/b9-4+/t29?,31-,32?,33?,43+/m1/s1. The van der Waals surface area contributed by atoms with Crippen LogP contribution in [0, 0.1) is 5.82 Å². The first kappa shape index (κ1) is 36.2. The van der Waals surface area contributed by atoms with Crippen molar-refractivity contribution >= 4 is 17.8 Å². The van der Waals surface area contributed by atoms with Crippen molar-refractivity contribution in [3.63, 3.8) is 0 Å². The van der Waals surface area contributed by atoms with Crippen LogP contribution in [0.3, 0.4) is 0 Å². The van der Waals surface area contributed by atoms with E-state index in [1.165, 1.54) is 49.1 Å². The van der Waals surface area contributed by atoms with Crippen LogP contribution in [0.1, 0.15) is 124 Å². The highest BCUT2D eigenvalue weighted by molar-refractivity contribution is 5.57. The molecule has 1 N–H and O–H groups in total. The summed E-state index contributed by atoms with van der Waals surface area (Å²) < 4.78 is 32.1. The zero-order chi connectivity index (χ0) is 37.0. The fourth-order valence-electron chi connectivity index (χ4n) is 11.3. The molecule has 3 aromatic rings. The number of allylic oxidation sites excluding steroid dienone is 1. The molecule has 2 bridgehead atoms. The third kappa shape index (κ3) is 6.66. The number of hydrogen-bond donors (Lipinski definition) is 1. The normalized spacial score (nSPS) is 28.0. The topological polar surface area (TPSA) is 68.6 Å². The van der Waals surface area contributed by atoms with Crippen molar-refractivity contribution in [2.24, 2.45) is 0 Å². The summed E-state index contributed by atoms with van der Waals surface area (Å²) >= 11 is 0. The predicted molar refractivity (Wildman–Crippen MR) is 211 cm³/mol. The third-order valence-electron chi connectivity index (χ3n) is 13.9. The quantitative estimate of drug-likeness (QED) is 0.230. The van der Waals surface area contributed by atoms with Gasteiger partial charge in [-0.3, -0.25) is 19.4 Å². The molecule has 0 radical (unpaired) electrons. The van der Waals surface area contributed by atoms with Crippen molar-refractivity contribution in [2.75, 3.05) is 42.9 Å². The zero-order valence-corrected chi connectivity index (χ0v) is 32.7. The number of rotatable bonds is 10. The Morgan fingerprint density at radius 3 is 2.67 bits per heavy atom. The number of hydrogen-bond acceptors (Lipinski definition) is 8. The van der Waals surface area contributed by atoms with Gasteiger partial charge in [0.05, 0.1) is 29.7 Å². The first-order valence-corrected chi connectivity index (χ1v) is 21.1. The molecule has 9 nitrogen and oxygen atoms in total. The molecule has 9 rings (SSSR count). The minimum absolute atomic E-state index is 0.127. The SMILES string of the molecule is C/C=C/c1ccc(F)c(CC)c1CN1CCc2c(nc(NC[C@@]34CCCN3C[C@H](F)C4)nc2N2CCCn3nc(C(C)N4C5CCCC4CC5)cc3C2)C1. The summed E-state index contributed by atoms with van der Waals surface area (Å²) in [5.74, 6) is 1.53. The fraction of sp³-hybridized carbons (Fsp3) is 0.651. The monoisotopic (exact) mass is 739 g/mol. The largest absolute Gasteiger partial charge is 0.352 e. The van der Waals surface area contributed by atoms with Crippen LogP contribution in [0.2, 0.25) is 0 Å². The predicted octanol–water partition coefficient (Wildman–Crippen LogP) is 7.44. The summed E-state index contributed by atoms with van der Waals surface area (Å²) in [4.78, 5) is 20.6. The number of halogens is 2. The molecule has 8 heterocycles. The number of nitrogens with zero attached hydrogens (tertiary/aromatic N) is 8. The highest BCUT2D eigenvalue weighted by atomic mass is 19.1. The summed E-state index contributed by atoms with van der Waals surface area (Å²) in [6.07, 6.45) is 15.2. The second-order valence-electron chi connectivity index (χ2n) is 17.1. The van der Waals surface area contributed by atoms with Crippen molar-refractivity contribution in [3.8, 4) is 0 Å². The number of alkyl halides is 1. The maximum atomic E-state index is 15.1. The number of nitrogens with one attached hydrogen (secondary N) is 1. The van der Waals surface area contributed by atoms with Gasteiger partial charge < -0.3 is 10.2 Å². The van der Waals surface area contributed by atoms with Gasteiger partial charge in [0, 0.05) is 69.0 Å². The van der Waals surface area contributed by atoms with Crippen molar-refractivity contribution in [2.45, 2.75) is 147 Å². The molecule has 54 heavy (non-hydrogen) atoms. The average molecular weight is 740 g/mol. The van der Waals surface area contributed by atoms with Crippen LogP contribution < -0.4 is 10.2 Å². The second-order valence-corrected chi connectivity index (χ2v) is 17.1. The van der Waals surface area contributed by atoms with E-state index in [0.717, 1.165) is 86.6 Å². The molecule has 0 saturated carbocycles. The number of fused-ring (bicyclic) bond motifs is 5. The Bertz CT molecular complexity index is 1860. The van der Waals surface area contributed by atoms with Gasteiger partial charge >= 0.3 is 0 Å². The van der Waals surface area contributed by atoms with E-state index >= 15 is 4.39 Å². The first-order chi connectivity index (χ1) is 26.3. The molecule has 0 spiro atoms. The van der Waals surface area contributed by atoms with Gasteiger partial charge in [-0.05, 0) is 113 Å². The Morgan fingerprint density at radius 2 is 1.85 bits per heavy atom. The molecule has 2 aromatic heterocycles. The fourth-order valence-corrected chi connectivity index (χ4v) is 11.3. The molecule has 6 aliphatic rings. The van der Waals surface area contributed by atoms with Crippen LogP contribution in [0.15, 0.2) is 24.3 Å². The van der Waals surface area contributed by atoms with Crippen LogP contribution in [0.5, 0.6) is 0 Å². The van der Waals surface area contributed by atoms with E-state index in [-0.39, 0.29) is 11.4 Å². The van der Waals surface area contributed by atoms with Crippen LogP contribution >= 0.6 is 0 Å². The van der Waals surface area contributed by atoms with Gasteiger partial charge in [-0.25, -0.2) is 13.8 Å². The van der Waals surface area contributed by atoms with Gasteiger partial charge in [-0.2, -0.15) is 10.1 Å². The van der Waals surface area contributed by atoms with Gasteiger partial charge in [0.1, 0.15) is 17.8 Å². The number of aryl methyl sites for hydroxylation is 1. The minimum atomic E-state index is -0.774. The summed E-state index contributed by atoms with van der Waals surface area (Å²) in [5, 5.41) is 8.91.